The predicted molar refractivity (Wildman–Crippen MR) is 98.5 cm³/mol. The Bertz CT molecular complexity index is 1030. The van der Waals surface area contributed by atoms with Gasteiger partial charge >= 0.3 is 6.01 Å². The van der Waals surface area contributed by atoms with E-state index in [0.717, 1.165) is 10.5 Å². The van der Waals surface area contributed by atoms with Gasteiger partial charge in [0.2, 0.25) is 5.89 Å². The number of aryl methyl sites for hydroxylation is 1. The second kappa shape index (κ2) is 7.07. The molecule has 3 aromatic rings. The Morgan fingerprint density at radius 3 is 2.18 bits per heavy atom. The minimum Gasteiger partial charge on any atom is -0.408 e. The van der Waals surface area contributed by atoms with Crippen LogP contribution in [0.3, 0.4) is 0 Å². The summed E-state index contributed by atoms with van der Waals surface area (Å²) in [5.74, 6) is -1.30. The monoisotopic (exact) mass is 376 g/mol. The van der Waals surface area contributed by atoms with Crippen molar-refractivity contribution in [3.63, 3.8) is 0 Å². The second-order valence-corrected chi connectivity index (χ2v) is 6.35. The summed E-state index contributed by atoms with van der Waals surface area (Å²) in [4.78, 5) is 39.7. The Morgan fingerprint density at radius 2 is 1.61 bits per heavy atom. The van der Waals surface area contributed by atoms with Gasteiger partial charge in [0, 0.05) is 13.3 Å². The fraction of sp³-hybridized carbons (Fsp3) is 0.150. The van der Waals surface area contributed by atoms with Gasteiger partial charge < -0.3 is 4.42 Å². The number of fused-ring (bicyclic) bond motifs is 1. The van der Waals surface area contributed by atoms with E-state index in [9.17, 15) is 14.4 Å². The van der Waals surface area contributed by atoms with Crippen LogP contribution in [0.1, 0.15) is 32.2 Å². The summed E-state index contributed by atoms with van der Waals surface area (Å²) in [5.41, 5.74) is 1.37. The molecule has 0 bridgehead atoms. The van der Waals surface area contributed by atoms with Crippen LogP contribution in [0.4, 0.5) is 6.01 Å². The molecule has 0 spiro atoms. The highest BCUT2D eigenvalue weighted by atomic mass is 16.4. The number of carbonyl (C=O) groups excluding carboxylic acids is 3. The van der Waals surface area contributed by atoms with Crippen LogP contribution in [-0.2, 0) is 11.2 Å². The number of imide groups is 1. The van der Waals surface area contributed by atoms with Crippen molar-refractivity contribution in [3.05, 3.63) is 77.2 Å². The van der Waals surface area contributed by atoms with Crippen LogP contribution in [-0.4, -0.2) is 38.9 Å². The summed E-state index contributed by atoms with van der Waals surface area (Å²) >= 11 is 0. The molecule has 2 heterocycles. The number of nitrogens with zero attached hydrogens (tertiary/aromatic N) is 3. The van der Waals surface area contributed by atoms with Gasteiger partial charge in [-0.15, -0.1) is 5.10 Å². The number of anilines is 1. The Hall–Kier alpha value is -3.81. The summed E-state index contributed by atoms with van der Waals surface area (Å²) < 4.78 is 5.19. The molecule has 8 heteroatoms. The van der Waals surface area contributed by atoms with E-state index in [1.165, 1.54) is 0 Å². The highest BCUT2D eigenvalue weighted by molar-refractivity contribution is 6.23. The minimum absolute atomic E-state index is 0.0860. The van der Waals surface area contributed by atoms with Crippen molar-refractivity contribution in [2.45, 2.75) is 19.4 Å². The van der Waals surface area contributed by atoms with Crippen LogP contribution >= 0.6 is 0 Å². The smallest absolute Gasteiger partial charge is 0.322 e. The van der Waals surface area contributed by atoms with E-state index in [2.05, 4.69) is 15.5 Å². The molecule has 140 valence electrons. The van der Waals surface area contributed by atoms with Crippen molar-refractivity contribution in [3.8, 4) is 0 Å². The maximum Gasteiger partial charge on any atom is 0.322 e. The van der Waals surface area contributed by atoms with Gasteiger partial charge in [0.1, 0.15) is 6.04 Å². The number of carbonyl (C=O) groups is 3. The van der Waals surface area contributed by atoms with E-state index in [-0.39, 0.29) is 29.5 Å². The van der Waals surface area contributed by atoms with Gasteiger partial charge in [0.25, 0.3) is 17.7 Å². The molecule has 0 radical (unpaired) electrons. The molecule has 1 aromatic heterocycles. The third kappa shape index (κ3) is 3.16. The Balaban J connectivity index is 1.68. The quantitative estimate of drug-likeness (QED) is 0.685. The number of aromatic nitrogens is 2. The molecule has 1 atom stereocenters. The van der Waals surface area contributed by atoms with Crippen molar-refractivity contribution in [2.24, 2.45) is 0 Å². The lowest BCUT2D eigenvalue weighted by atomic mass is 10.0. The molecule has 3 amide bonds. The Labute approximate surface area is 160 Å². The van der Waals surface area contributed by atoms with Gasteiger partial charge in [0.15, 0.2) is 0 Å². The first kappa shape index (κ1) is 17.6. The fourth-order valence-corrected chi connectivity index (χ4v) is 3.17. The largest absolute Gasteiger partial charge is 0.408 e. The molecule has 0 saturated heterocycles. The van der Waals surface area contributed by atoms with Crippen molar-refractivity contribution in [1.29, 1.82) is 0 Å². The average molecular weight is 376 g/mol. The van der Waals surface area contributed by atoms with Gasteiger partial charge in [0.05, 0.1) is 11.1 Å². The van der Waals surface area contributed by atoms with E-state index in [4.69, 9.17) is 4.42 Å². The van der Waals surface area contributed by atoms with Crippen molar-refractivity contribution < 1.29 is 18.8 Å². The highest BCUT2D eigenvalue weighted by Crippen LogP contribution is 2.26. The molecule has 0 saturated carbocycles. The summed E-state index contributed by atoms with van der Waals surface area (Å²) in [5, 5.41) is 9.91. The molecule has 1 aliphatic rings. The lowest BCUT2D eigenvalue weighted by Gasteiger charge is -2.24. The molecule has 1 N–H and O–H groups in total. The molecule has 0 aliphatic carbocycles. The van der Waals surface area contributed by atoms with Crippen molar-refractivity contribution >= 4 is 23.7 Å². The molecule has 0 fully saturated rings. The number of rotatable bonds is 5. The zero-order chi connectivity index (χ0) is 19.7. The molecule has 28 heavy (non-hydrogen) atoms. The fourth-order valence-electron chi connectivity index (χ4n) is 3.17. The molecule has 2 aromatic carbocycles. The van der Waals surface area contributed by atoms with Crippen LogP contribution in [0.5, 0.6) is 0 Å². The average Bonchev–Trinajstić information content (AvgIpc) is 3.22. The lowest BCUT2D eigenvalue weighted by Crippen LogP contribution is -2.48. The van der Waals surface area contributed by atoms with Gasteiger partial charge in [-0.2, -0.15) is 0 Å². The van der Waals surface area contributed by atoms with Crippen molar-refractivity contribution in [2.75, 3.05) is 5.32 Å². The topological polar surface area (TPSA) is 105 Å². The van der Waals surface area contributed by atoms with E-state index in [0.29, 0.717) is 0 Å². The maximum atomic E-state index is 13.0. The van der Waals surface area contributed by atoms with Crippen molar-refractivity contribution in [1.82, 2.24) is 15.1 Å². The number of hydrogen-bond donors (Lipinski definition) is 1. The molecule has 4 rings (SSSR count). The zero-order valence-electron chi connectivity index (χ0n) is 15.0. The van der Waals surface area contributed by atoms with E-state index >= 15 is 0 Å². The molecule has 1 unspecified atom stereocenters. The summed E-state index contributed by atoms with van der Waals surface area (Å²) in [6.07, 6.45) is 0.158. The van der Waals surface area contributed by atoms with E-state index in [1.807, 2.05) is 30.3 Å². The molecular formula is C20H16N4O4. The number of hydrogen-bond acceptors (Lipinski definition) is 6. The summed E-state index contributed by atoms with van der Waals surface area (Å²) in [7, 11) is 0. The zero-order valence-corrected chi connectivity index (χ0v) is 15.0. The Kier molecular flexibility index (Phi) is 4.44. The minimum atomic E-state index is -1.07. The predicted octanol–water partition coefficient (Wildman–Crippen LogP) is 2.22. The molecule has 1 aliphatic heterocycles. The maximum absolute atomic E-state index is 13.0. The van der Waals surface area contributed by atoms with Crippen LogP contribution in [0.25, 0.3) is 0 Å². The standard InChI is InChI=1S/C20H16N4O4/c1-12-22-23-20(28-12)21-17(25)16(11-13-7-3-2-4-8-13)24-18(26)14-9-5-6-10-15(14)19(24)27/h2-10,16H,11H2,1H3,(H,21,23,25). The first-order valence-corrected chi connectivity index (χ1v) is 8.66. The van der Waals surface area contributed by atoms with Crippen LogP contribution < -0.4 is 5.32 Å². The third-order valence-corrected chi connectivity index (χ3v) is 4.47. The molecule has 8 nitrogen and oxygen atoms in total. The first-order valence-electron chi connectivity index (χ1n) is 8.66. The number of benzene rings is 2. The van der Waals surface area contributed by atoms with Crippen LogP contribution in [0.2, 0.25) is 0 Å². The second-order valence-electron chi connectivity index (χ2n) is 6.35. The molecular weight excluding hydrogens is 360 g/mol. The Morgan fingerprint density at radius 1 is 1.00 bits per heavy atom. The van der Waals surface area contributed by atoms with Gasteiger partial charge in [-0.25, -0.2) is 0 Å². The van der Waals surface area contributed by atoms with E-state index in [1.54, 1.807) is 31.2 Å². The lowest BCUT2D eigenvalue weighted by molar-refractivity contribution is -0.120. The number of amides is 3. The first-order chi connectivity index (χ1) is 13.5. The summed E-state index contributed by atoms with van der Waals surface area (Å²) in [6.45, 7) is 1.59. The highest BCUT2D eigenvalue weighted by Gasteiger charge is 2.42. The van der Waals surface area contributed by atoms with Gasteiger partial charge in [-0.3, -0.25) is 24.6 Å². The van der Waals surface area contributed by atoms with Gasteiger partial charge in [-0.1, -0.05) is 47.6 Å². The summed E-state index contributed by atoms with van der Waals surface area (Å²) in [6, 6.07) is 14.5. The normalized spacial score (nSPS) is 14.1. The van der Waals surface area contributed by atoms with E-state index < -0.39 is 23.8 Å². The van der Waals surface area contributed by atoms with Crippen LogP contribution in [0.15, 0.2) is 59.0 Å². The number of nitrogens with one attached hydrogen (secondary N) is 1. The van der Waals surface area contributed by atoms with Gasteiger partial charge in [-0.05, 0) is 17.7 Å². The SMILES string of the molecule is Cc1nnc(NC(=O)C(Cc2ccccc2)N2C(=O)c3ccccc3C2=O)o1. The van der Waals surface area contributed by atoms with Crippen LogP contribution in [0, 0.1) is 6.92 Å². The third-order valence-electron chi connectivity index (χ3n) is 4.47.